The first-order valence-electron chi connectivity index (χ1n) is 8.90. The number of ether oxygens (including phenoxy) is 2. The first kappa shape index (κ1) is 21.8. The Bertz CT molecular complexity index is 1020. The maximum Gasteiger partial charge on any atom is 0.406 e. The number of halogens is 3. The predicted octanol–water partition coefficient (Wildman–Crippen LogP) is 3.28. The van der Waals surface area contributed by atoms with E-state index < -0.39 is 28.7 Å². The van der Waals surface area contributed by atoms with Gasteiger partial charge < -0.3 is 14.4 Å². The Morgan fingerprint density at radius 2 is 1.70 bits per heavy atom. The molecule has 1 aliphatic heterocycles. The normalized spacial score (nSPS) is 14.0. The molecule has 30 heavy (non-hydrogen) atoms. The van der Waals surface area contributed by atoms with Gasteiger partial charge in [0.25, 0.3) is 15.9 Å². The highest BCUT2D eigenvalue weighted by atomic mass is 32.2. The Labute approximate surface area is 171 Å². The number of anilines is 1. The fourth-order valence-corrected chi connectivity index (χ4v) is 3.84. The van der Waals surface area contributed by atoms with Gasteiger partial charge in [0.1, 0.15) is 6.54 Å². The van der Waals surface area contributed by atoms with Crippen LogP contribution in [0, 0.1) is 0 Å². The molecule has 1 aliphatic rings. The average molecular weight is 444 g/mol. The van der Waals surface area contributed by atoms with Crippen molar-refractivity contribution in [3.63, 3.8) is 0 Å². The first-order chi connectivity index (χ1) is 14.0. The van der Waals surface area contributed by atoms with Crippen LogP contribution >= 0.6 is 0 Å². The summed E-state index contributed by atoms with van der Waals surface area (Å²) in [7, 11) is -2.92. The summed E-state index contributed by atoms with van der Waals surface area (Å²) in [6.45, 7) is -0.507. The number of hydrogen-bond donors (Lipinski definition) is 1. The number of alkyl halides is 3. The molecule has 0 unspecified atom stereocenters. The number of nitrogens with zero attached hydrogens (tertiary/aromatic N) is 1. The zero-order valence-corrected chi connectivity index (χ0v) is 16.7. The lowest BCUT2D eigenvalue weighted by Gasteiger charge is -2.19. The van der Waals surface area contributed by atoms with Crippen molar-refractivity contribution in [1.29, 1.82) is 0 Å². The lowest BCUT2D eigenvalue weighted by Crippen LogP contribution is -2.35. The summed E-state index contributed by atoms with van der Waals surface area (Å²) in [5, 5.41) is 0. The van der Waals surface area contributed by atoms with Crippen LogP contribution in [-0.2, 0) is 10.0 Å². The second-order valence-electron chi connectivity index (χ2n) is 6.62. The number of rotatable bonds is 5. The molecule has 0 atom stereocenters. The topological polar surface area (TPSA) is 84.9 Å². The van der Waals surface area contributed by atoms with Gasteiger partial charge in [0.05, 0.1) is 18.1 Å². The molecular weight excluding hydrogens is 425 g/mol. The van der Waals surface area contributed by atoms with E-state index >= 15 is 0 Å². The van der Waals surface area contributed by atoms with Gasteiger partial charge in [-0.15, -0.1) is 0 Å². The highest BCUT2D eigenvalue weighted by molar-refractivity contribution is 7.92. The number of carbonyl (C=O) groups is 1. The van der Waals surface area contributed by atoms with E-state index in [4.69, 9.17) is 9.47 Å². The third-order valence-electron chi connectivity index (χ3n) is 4.18. The summed E-state index contributed by atoms with van der Waals surface area (Å²) < 4.78 is 75.9. The minimum Gasteiger partial charge on any atom is -0.490 e. The SMILES string of the molecule is CN(CC(F)(F)F)C(=O)c1ccc(NS(=O)(=O)c2ccc3c(c2)OCCCO3)cc1. The van der Waals surface area contributed by atoms with Crippen LogP contribution in [-0.4, -0.2) is 52.2 Å². The van der Waals surface area contributed by atoms with E-state index in [1.54, 1.807) is 0 Å². The van der Waals surface area contributed by atoms with Crippen molar-refractivity contribution in [3.8, 4) is 11.5 Å². The molecule has 0 saturated carbocycles. The summed E-state index contributed by atoms with van der Waals surface area (Å²) in [5.74, 6) is -0.0500. The fourth-order valence-electron chi connectivity index (χ4n) is 2.77. The lowest BCUT2D eigenvalue weighted by molar-refractivity contribution is -0.138. The number of sulfonamides is 1. The molecular formula is C19H19F3N2O5S. The van der Waals surface area contributed by atoms with Gasteiger partial charge in [0.2, 0.25) is 0 Å². The molecule has 1 amide bonds. The van der Waals surface area contributed by atoms with Crippen LogP contribution in [0.2, 0.25) is 0 Å². The van der Waals surface area contributed by atoms with Crippen LogP contribution in [0.15, 0.2) is 47.4 Å². The monoisotopic (exact) mass is 444 g/mol. The summed E-state index contributed by atoms with van der Waals surface area (Å²) in [6.07, 6.45) is -3.83. The van der Waals surface area contributed by atoms with E-state index in [1.807, 2.05) is 0 Å². The minimum absolute atomic E-state index is 0.000257. The van der Waals surface area contributed by atoms with Gasteiger partial charge in [-0.1, -0.05) is 0 Å². The minimum atomic E-state index is -4.51. The summed E-state index contributed by atoms with van der Waals surface area (Å²) >= 11 is 0. The highest BCUT2D eigenvalue weighted by Crippen LogP contribution is 2.32. The van der Waals surface area contributed by atoms with Crippen LogP contribution in [0.3, 0.4) is 0 Å². The van der Waals surface area contributed by atoms with Crippen LogP contribution < -0.4 is 14.2 Å². The average Bonchev–Trinajstić information content (AvgIpc) is 2.91. The van der Waals surface area contributed by atoms with Crippen LogP contribution in [0.1, 0.15) is 16.8 Å². The molecule has 2 aromatic carbocycles. The van der Waals surface area contributed by atoms with Crippen LogP contribution in [0.4, 0.5) is 18.9 Å². The molecule has 2 aromatic rings. The highest BCUT2D eigenvalue weighted by Gasteiger charge is 2.31. The summed E-state index contributed by atoms with van der Waals surface area (Å²) in [5.41, 5.74) is 0.150. The molecule has 7 nitrogen and oxygen atoms in total. The fraction of sp³-hybridized carbons (Fsp3) is 0.316. The van der Waals surface area contributed by atoms with Crippen molar-refractivity contribution >= 4 is 21.6 Å². The van der Waals surface area contributed by atoms with Crippen molar-refractivity contribution in [2.45, 2.75) is 17.5 Å². The van der Waals surface area contributed by atoms with E-state index in [0.29, 0.717) is 36.0 Å². The maximum absolute atomic E-state index is 12.6. The van der Waals surface area contributed by atoms with Crippen LogP contribution in [0.5, 0.6) is 11.5 Å². The Kier molecular flexibility index (Phi) is 6.11. The van der Waals surface area contributed by atoms with Crippen molar-refractivity contribution in [2.24, 2.45) is 0 Å². The third-order valence-corrected chi connectivity index (χ3v) is 5.56. The van der Waals surface area contributed by atoms with Crippen molar-refractivity contribution in [2.75, 3.05) is 31.5 Å². The number of carbonyl (C=O) groups excluding carboxylic acids is 1. The van der Waals surface area contributed by atoms with E-state index in [-0.39, 0.29) is 16.1 Å². The van der Waals surface area contributed by atoms with E-state index in [2.05, 4.69) is 4.72 Å². The first-order valence-corrected chi connectivity index (χ1v) is 10.4. The van der Waals surface area contributed by atoms with Crippen molar-refractivity contribution in [1.82, 2.24) is 4.90 Å². The summed E-state index contributed by atoms with van der Waals surface area (Å²) in [4.78, 5) is 12.6. The van der Waals surface area contributed by atoms with E-state index in [9.17, 15) is 26.4 Å². The molecule has 1 heterocycles. The quantitative estimate of drug-likeness (QED) is 0.765. The molecule has 1 N–H and O–H groups in total. The molecule has 162 valence electrons. The number of nitrogens with one attached hydrogen (secondary N) is 1. The smallest absolute Gasteiger partial charge is 0.406 e. The molecule has 0 saturated heterocycles. The van der Waals surface area contributed by atoms with Gasteiger partial charge in [-0.25, -0.2) is 8.42 Å². The lowest BCUT2D eigenvalue weighted by atomic mass is 10.2. The Balaban J connectivity index is 1.73. The standard InChI is InChI=1S/C19H19F3N2O5S/c1-24(12-19(20,21)22)18(25)13-3-5-14(6-4-13)23-30(26,27)15-7-8-16-17(11-15)29-10-2-9-28-16/h3-8,11,23H,2,9-10,12H2,1H3. The number of amides is 1. The second kappa shape index (κ2) is 8.42. The van der Waals surface area contributed by atoms with Crippen molar-refractivity contribution < 1.29 is 35.9 Å². The Hall–Kier alpha value is -2.95. The largest absolute Gasteiger partial charge is 0.490 e. The molecule has 0 aromatic heterocycles. The molecule has 0 spiro atoms. The van der Waals surface area contributed by atoms with Gasteiger partial charge >= 0.3 is 6.18 Å². The van der Waals surface area contributed by atoms with E-state index in [0.717, 1.165) is 7.05 Å². The van der Waals surface area contributed by atoms with Gasteiger partial charge in [0.15, 0.2) is 11.5 Å². The molecule has 3 rings (SSSR count). The van der Waals surface area contributed by atoms with Gasteiger partial charge in [-0.05, 0) is 36.4 Å². The summed E-state index contributed by atoms with van der Waals surface area (Å²) in [6, 6.07) is 9.34. The number of hydrogen-bond acceptors (Lipinski definition) is 5. The molecule has 0 aliphatic carbocycles. The molecule has 0 fully saturated rings. The second-order valence-corrected chi connectivity index (χ2v) is 8.30. The predicted molar refractivity (Wildman–Crippen MR) is 102 cm³/mol. The van der Waals surface area contributed by atoms with Gasteiger partial charge in [-0.2, -0.15) is 13.2 Å². The third kappa shape index (κ3) is 5.35. The maximum atomic E-state index is 12.6. The zero-order chi connectivity index (χ0) is 21.9. The van der Waals surface area contributed by atoms with E-state index in [1.165, 1.54) is 42.5 Å². The van der Waals surface area contributed by atoms with Crippen LogP contribution in [0.25, 0.3) is 0 Å². The molecule has 0 radical (unpaired) electrons. The zero-order valence-electron chi connectivity index (χ0n) is 15.9. The molecule has 11 heteroatoms. The Morgan fingerprint density at radius 3 is 2.33 bits per heavy atom. The number of fused-ring (bicyclic) bond motifs is 1. The van der Waals surface area contributed by atoms with Gasteiger partial charge in [-0.3, -0.25) is 9.52 Å². The Morgan fingerprint density at radius 1 is 1.07 bits per heavy atom. The van der Waals surface area contributed by atoms with Crippen molar-refractivity contribution in [3.05, 3.63) is 48.0 Å². The molecule has 0 bridgehead atoms. The van der Waals surface area contributed by atoms with Gasteiger partial charge in [0, 0.05) is 30.8 Å². The number of benzene rings is 2.